The summed E-state index contributed by atoms with van der Waals surface area (Å²) in [7, 11) is 0. The molecule has 0 radical (unpaired) electrons. The molecule has 10 nitrogen and oxygen atoms in total. The number of ether oxygens (including phenoxy) is 1. The van der Waals surface area contributed by atoms with E-state index in [1.807, 2.05) is 0 Å². The third-order valence-corrected chi connectivity index (χ3v) is 5.39. The van der Waals surface area contributed by atoms with E-state index in [0.29, 0.717) is 48.6 Å². The second-order valence-electron chi connectivity index (χ2n) is 7.57. The van der Waals surface area contributed by atoms with Crippen molar-refractivity contribution in [2.45, 2.75) is 20.4 Å². The van der Waals surface area contributed by atoms with Gasteiger partial charge < -0.3 is 20.1 Å². The molecule has 10 heteroatoms. The van der Waals surface area contributed by atoms with Gasteiger partial charge >= 0.3 is 5.97 Å². The molecule has 2 aromatic heterocycles. The van der Waals surface area contributed by atoms with Crippen LogP contribution in [0.5, 0.6) is 0 Å². The predicted octanol–water partition coefficient (Wildman–Crippen LogP) is 1.86. The fourth-order valence-corrected chi connectivity index (χ4v) is 3.64. The molecular formula is C22H23N5O5. The minimum absolute atomic E-state index is 0.0395. The van der Waals surface area contributed by atoms with E-state index in [0.717, 1.165) is 0 Å². The number of anilines is 1. The van der Waals surface area contributed by atoms with Crippen LogP contribution >= 0.6 is 0 Å². The number of benzene rings is 1. The first-order chi connectivity index (χ1) is 15.3. The normalized spacial score (nSPS) is 13.9. The quantitative estimate of drug-likeness (QED) is 0.624. The summed E-state index contributed by atoms with van der Waals surface area (Å²) in [4.78, 5) is 43.0. The van der Waals surface area contributed by atoms with E-state index >= 15 is 0 Å². The van der Waals surface area contributed by atoms with Crippen molar-refractivity contribution in [1.82, 2.24) is 19.7 Å². The Morgan fingerprint density at radius 3 is 2.59 bits per heavy atom. The molecule has 1 fully saturated rings. The molecule has 32 heavy (non-hydrogen) atoms. The highest BCUT2D eigenvalue weighted by atomic mass is 16.5. The fraction of sp³-hybridized carbons (Fsp3) is 0.318. The topological polar surface area (TPSA) is 127 Å². The third-order valence-electron chi connectivity index (χ3n) is 5.39. The van der Waals surface area contributed by atoms with Crippen LogP contribution in [0.4, 0.5) is 5.69 Å². The van der Waals surface area contributed by atoms with E-state index in [-0.39, 0.29) is 29.4 Å². The molecule has 1 aliphatic heterocycles. The highest BCUT2D eigenvalue weighted by Gasteiger charge is 2.22. The van der Waals surface area contributed by atoms with Crippen LogP contribution in [0.3, 0.4) is 0 Å². The number of aryl methyl sites for hydroxylation is 2. The summed E-state index contributed by atoms with van der Waals surface area (Å²) in [6.45, 7) is 5.69. The van der Waals surface area contributed by atoms with Crippen molar-refractivity contribution < 1.29 is 24.2 Å². The number of pyridine rings is 1. The molecule has 0 saturated carbocycles. The summed E-state index contributed by atoms with van der Waals surface area (Å²) in [5.74, 6) is -1.79. The van der Waals surface area contributed by atoms with Gasteiger partial charge in [-0.05, 0) is 38.1 Å². The van der Waals surface area contributed by atoms with Gasteiger partial charge in [-0.3, -0.25) is 14.3 Å². The van der Waals surface area contributed by atoms with Gasteiger partial charge in [0.25, 0.3) is 5.91 Å². The maximum absolute atomic E-state index is 12.6. The zero-order valence-electron chi connectivity index (χ0n) is 17.8. The molecule has 3 aromatic rings. The van der Waals surface area contributed by atoms with E-state index in [2.05, 4.69) is 15.4 Å². The Morgan fingerprint density at radius 1 is 1.16 bits per heavy atom. The number of carboxylic acids is 1. The van der Waals surface area contributed by atoms with Gasteiger partial charge in [0.15, 0.2) is 0 Å². The van der Waals surface area contributed by atoms with Crippen LogP contribution in [-0.4, -0.2) is 68.9 Å². The second kappa shape index (κ2) is 8.75. The lowest BCUT2D eigenvalue weighted by Gasteiger charge is -2.26. The molecule has 2 N–H and O–H groups in total. The van der Waals surface area contributed by atoms with Crippen molar-refractivity contribution in [3.05, 3.63) is 53.0 Å². The van der Waals surface area contributed by atoms with Gasteiger partial charge in [-0.2, -0.15) is 5.10 Å². The molecule has 0 aliphatic carbocycles. The summed E-state index contributed by atoms with van der Waals surface area (Å²) < 4.78 is 6.84. The SMILES string of the molecule is Cc1cccc(C(=O)Nc2cc3c(C)n(CC(=O)N4CCOCC4)nc3cc2C(=O)O)n1. The molecule has 1 saturated heterocycles. The van der Waals surface area contributed by atoms with Crippen LogP contribution < -0.4 is 5.32 Å². The highest BCUT2D eigenvalue weighted by Crippen LogP contribution is 2.27. The standard InChI is InChI=1S/C22H23N5O5/c1-13-4-3-5-17(23-13)21(29)24-18-10-15-14(2)27(25-19(15)11-16(18)22(30)31)12-20(28)26-6-8-32-9-7-26/h3-5,10-11H,6-9,12H2,1-2H3,(H,24,29)(H,30,31). The number of morpholine rings is 1. The number of carbonyl (C=O) groups excluding carboxylic acids is 2. The van der Waals surface area contributed by atoms with Crippen molar-refractivity contribution in [2.24, 2.45) is 0 Å². The van der Waals surface area contributed by atoms with Crippen LogP contribution in [0.1, 0.15) is 32.2 Å². The molecule has 0 unspecified atom stereocenters. The van der Waals surface area contributed by atoms with E-state index in [1.165, 1.54) is 6.07 Å². The number of rotatable bonds is 5. The van der Waals surface area contributed by atoms with Crippen LogP contribution in [0, 0.1) is 13.8 Å². The number of nitrogens with one attached hydrogen (secondary N) is 1. The number of fused-ring (bicyclic) bond motifs is 1. The molecule has 3 heterocycles. The lowest BCUT2D eigenvalue weighted by molar-refractivity contribution is -0.136. The summed E-state index contributed by atoms with van der Waals surface area (Å²) in [5, 5.41) is 17.4. The molecule has 2 amide bonds. The van der Waals surface area contributed by atoms with Crippen LogP contribution in [0.25, 0.3) is 10.9 Å². The van der Waals surface area contributed by atoms with Crippen molar-refractivity contribution >= 4 is 34.4 Å². The lowest BCUT2D eigenvalue weighted by atomic mass is 10.1. The lowest BCUT2D eigenvalue weighted by Crippen LogP contribution is -2.42. The van der Waals surface area contributed by atoms with Crippen molar-refractivity contribution in [2.75, 3.05) is 31.6 Å². The van der Waals surface area contributed by atoms with Crippen LogP contribution in [0.15, 0.2) is 30.3 Å². The van der Waals surface area contributed by atoms with Gasteiger partial charge in [-0.1, -0.05) is 6.07 Å². The second-order valence-corrected chi connectivity index (χ2v) is 7.57. The summed E-state index contributed by atoms with van der Waals surface area (Å²) in [6.07, 6.45) is 0. The van der Waals surface area contributed by atoms with Gasteiger partial charge in [0.1, 0.15) is 12.2 Å². The van der Waals surface area contributed by atoms with Gasteiger partial charge in [0.2, 0.25) is 5.91 Å². The highest BCUT2D eigenvalue weighted by molar-refractivity contribution is 6.09. The maximum atomic E-state index is 12.6. The Bertz CT molecular complexity index is 1210. The monoisotopic (exact) mass is 437 g/mol. The molecule has 1 aliphatic rings. The predicted molar refractivity (Wildman–Crippen MR) is 116 cm³/mol. The Morgan fingerprint density at radius 2 is 1.91 bits per heavy atom. The number of amides is 2. The molecular weight excluding hydrogens is 414 g/mol. The molecule has 166 valence electrons. The summed E-state index contributed by atoms with van der Waals surface area (Å²) in [6, 6.07) is 8.01. The van der Waals surface area contributed by atoms with Crippen molar-refractivity contribution in [3.63, 3.8) is 0 Å². The first-order valence-corrected chi connectivity index (χ1v) is 10.2. The smallest absolute Gasteiger partial charge is 0.337 e. The summed E-state index contributed by atoms with van der Waals surface area (Å²) in [5.41, 5.74) is 2.03. The maximum Gasteiger partial charge on any atom is 0.337 e. The molecule has 4 rings (SSSR count). The van der Waals surface area contributed by atoms with Crippen LogP contribution in [0.2, 0.25) is 0 Å². The van der Waals surface area contributed by atoms with E-state index in [4.69, 9.17) is 4.74 Å². The number of aromatic nitrogens is 3. The number of aromatic carboxylic acids is 1. The average Bonchev–Trinajstić information content (AvgIpc) is 3.08. The Balaban J connectivity index is 1.65. The first kappa shape index (κ1) is 21.4. The number of carboxylic acid groups (broad SMARTS) is 1. The minimum Gasteiger partial charge on any atom is -0.478 e. The summed E-state index contributed by atoms with van der Waals surface area (Å²) >= 11 is 0. The minimum atomic E-state index is -1.20. The van der Waals surface area contributed by atoms with Crippen LogP contribution in [-0.2, 0) is 16.1 Å². The van der Waals surface area contributed by atoms with E-state index in [9.17, 15) is 19.5 Å². The fourth-order valence-electron chi connectivity index (χ4n) is 3.64. The number of hydrogen-bond acceptors (Lipinski definition) is 6. The van der Waals surface area contributed by atoms with Gasteiger partial charge in [0, 0.05) is 29.9 Å². The van der Waals surface area contributed by atoms with Gasteiger partial charge in [-0.15, -0.1) is 0 Å². The number of hydrogen-bond donors (Lipinski definition) is 2. The van der Waals surface area contributed by atoms with Crippen molar-refractivity contribution in [3.8, 4) is 0 Å². The average molecular weight is 437 g/mol. The Kier molecular flexibility index (Phi) is 5.87. The molecule has 0 bridgehead atoms. The van der Waals surface area contributed by atoms with E-state index in [1.54, 1.807) is 47.7 Å². The van der Waals surface area contributed by atoms with Gasteiger partial charge in [0.05, 0.1) is 30.0 Å². The van der Waals surface area contributed by atoms with E-state index < -0.39 is 11.9 Å². The Labute approximate surface area is 183 Å². The van der Waals surface area contributed by atoms with Gasteiger partial charge in [-0.25, -0.2) is 9.78 Å². The molecule has 1 aromatic carbocycles. The zero-order chi connectivity index (χ0) is 22.8. The third kappa shape index (κ3) is 4.30. The van der Waals surface area contributed by atoms with Crippen molar-refractivity contribution in [1.29, 1.82) is 0 Å². The first-order valence-electron chi connectivity index (χ1n) is 10.2. The molecule has 0 spiro atoms. The molecule has 0 atom stereocenters. The Hall–Kier alpha value is -3.79. The largest absolute Gasteiger partial charge is 0.478 e. The number of carbonyl (C=O) groups is 3. The zero-order valence-corrected chi connectivity index (χ0v) is 17.8. The number of nitrogens with zero attached hydrogens (tertiary/aromatic N) is 4.